The Kier molecular flexibility index (Phi) is 3.82. The van der Waals surface area contributed by atoms with Gasteiger partial charge in [-0.15, -0.1) is 0 Å². The van der Waals surface area contributed by atoms with Gasteiger partial charge in [0.15, 0.2) is 0 Å². The standard InChI is InChI=1S/C14H22N4O/c1-2-7-19-13-5-6-15-14(18-13)17-12-8-10-3-4-11(9-12)16-10/h5-6,10-12,16H,2-4,7-9H2,1H3,(H,15,17,18). The van der Waals surface area contributed by atoms with E-state index < -0.39 is 0 Å². The van der Waals surface area contributed by atoms with Crippen molar-refractivity contribution in [3.63, 3.8) is 0 Å². The van der Waals surface area contributed by atoms with E-state index in [1.54, 1.807) is 6.20 Å². The molecule has 2 saturated heterocycles. The van der Waals surface area contributed by atoms with Crippen LogP contribution in [0.25, 0.3) is 0 Å². The Balaban J connectivity index is 1.60. The molecule has 3 rings (SSSR count). The van der Waals surface area contributed by atoms with Crippen molar-refractivity contribution < 1.29 is 4.74 Å². The third kappa shape index (κ3) is 3.15. The highest BCUT2D eigenvalue weighted by Gasteiger charge is 2.33. The highest BCUT2D eigenvalue weighted by molar-refractivity contribution is 5.29. The Bertz CT molecular complexity index is 414. The average Bonchev–Trinajstić information content (AvgIpc) is 2.76. The zero-order valence-corrected chi connectivity index (χ0v) is 11.4. The molecule has 0 radical (unpaired) electrons. The van der Waals surface area contributed by atoms with Gasteiger partial charge in [-0.05, 0) is 32.1 Å². The Morgan fingerprint density at radius 3 is 2.89 bits per heavy atom. The molecule has 19 heavy (non-hydrogen) atoms. The highest BCUT2D eigenvalue weighted by atomic mass is 16.5. The fourth-order valence-electron chi connectivity index (χ4n) is 3.06. The summed E-state index contributed by atoms with van der Waals surface area (Å²) in [6.45, 7) is 2.79. The van der Waals surface area contributed by atoms with Crippen LogP contribution in [0.3, 0.4) is 0 Å². The van der Waals surface area contributed by atoms with Gasteiger partial charge in [0, 0.05) is 30.4 Å². The first-order valence-corrected chi connectivity index (χ1v) is 7.32. The fourth-order valence-corrected chi connectivity index (χ4v) is 3.06. The lowest BCUT2D eigenvalue weighted by Gasteiger charge is -2.29. The van der Waals surface area contributed by atoms with E-state index in [4.69, 9.17) is 4.74 Å². The van der Waals surface area contributed by atoms with Crippen LogP contribution >= 0.6 is 0 Å². The summed E-state index contributed by atoms with van der Waals surface area (Å²) in [7, 11) is 0. The summed E-state index contributed by atoms with van der Waals surface area (Å²) in [6, 6.07) is 3.65. The molecule has 3 heterocycles. The van der Waals surface area contributed by atoms with Gasteiger partial charge in [0.2, 0.25) is 11.8 Å². The molecule has 5 nitrogen and oxygen atoms in total. The van der Waals surface area contributed by atoms with Gasteiger partial charge in [0.1, 0.15) is 0 Å². The van der Waals surface area contributed by atoms with E-state index >= 15 is 0 Å². The Morgan fingerprint density at radius 2 is 2.16 bits per heavy atom. The summed E-state index contributed by atoms with van der Waals surface area (Å²) < 4.78 is 5.54. The molecule has 2 fully saturated rings. The molecule has 0 aliphatic carbocycles. The summed E-state index contributed by atoms with van der Waals surface area (Å²) in [5.74, 6) is 1.36. The van der Waals surface area contributed by atoms with Crippen LogP contribution in [-0.4, -0.2) is 34.7 Å². The number of hydrogen-bond acceptors (Lipinski definition) is 5. The molecule has 2 unspecified atom stereocenters. The van der Waals surface area contributed by atoms with Crippen LogP contribution < -0.4 is 15.4 Å². The number of fused-ring (bicyclic) bond motifs is 2. The van der Waals surface area contributed by atoms with Crippen LogP contribution in [0.15, 0.2) is 12.3 Å². The molecule has 2 aliphatic heterocycles. The van der Waals surface area contributed by atoms with Crippen molar-refractivity contribution in [1.82, 2.24) is 15.3 Å². The van der Waals surface area contributed by atoms with Crippen molar-refractivity contribution in [1.29, 1.82) is 0 Å². The SMILES string of the molecule is CCCOc1ccnc(NC2CC3CCC(C2)N3)n1. The van der Waals surface area contributed by atoms with Gasteiger partial charge in [0.05, 0.1) is 6.61 Å². The van der Waals surface area contributed by atoms with Crippen molar-refractivity contribution in [3.8, 4) is 5.88 Å². The predicted octanol–water partition coefficient (Wildman–Crippen LogP) is 1.96. The first kappa shape index (κ1) is 12.7. The summed E-state index contributed by atoms with van der Waals surface area (Å²) >= 11 is 0. The second-order valence-electron chi connectivity index (χ2n) is 5.52. The van der Waals surface area contributed by atoms with Crippen LogP contribution in [0, 0.1) is 0 Å². The quantitative estimate of drug-likeness (QED) is 0.849. The van der Waals surface area contributed by atoms with Crippen molar-refractivity contribution in [2.24, 2.45) is 0 Å². The molecule has 0 spiro atoms. The smallest absolute Gasteiger partial charge is 0.226 e. The third-order valence-corrected chi connectivity index (χ3v) is 3.89. The van der Waals surface area contributed by atoms with Crippen molar-refractivity contribution >= 4 is 5.95 Å². The Hall–Kier alpha value is -1.36. The molecule has 1 aromatic rings. The first-order valence-electron chi connectivity index (χ1n) is 7.32. The molecule has 2 N–H and O–H groups in total. The van der Waals surface area contributed by atoms with Crippen LogP contribution in [-0.2, 0) is 0 Å². The van der Waals surface area contributed by atoms with Crippen LogP contribution in [0.2, 0.25) is 0 Å². The monoisotopic (exact) mass is 262 g/mol. The van der Waals surface area contributed by atoms with E-state index in [0.29, 0.717) is 36.6 Å². The molecule has 104 valence electrons. The lowest BCUT2D eigenvalue weighted by atomic mass is 10.0. The molecule has 0 saturated carbocycles. The number of nitrogens with zero attached hydrogens (tertiary/aromatic N) is 2. The number of nitrogens with one attached hydrogen (secondary N) is 2. The lowest BCUT2D eigenvalue weighted by Crippen LogP contribution is -2.43. The topological polar surface area (TPSA) is 59.1 Å². The van der Waals surface area contributed by atoms with Crippen molar-refractivity contribution in [2.45, 2.75) is 57.2 Å². The summed E-state index contributed by atoms with van der Waals surface area (Å²) in [5.41, 5.74) is 0. The first-order chi connectivity index (χ1) is 9.33. The molecule has 2 aliphatic rings. The predicted molar refractivity (Wildman–Crippen MR) is 74.4 cm³/mol. The van der Waals surface area contributed by atoms with Gasteiger partial charge < -0.3 is 15.4 Å². The minimum atomic E-state index is 0.486. The van der Waals surface area contributed by atoms with Crippen molar-refractivity contribution in [2.75, 3.05) is 11.9 Å². The third-order valence-electron chi connectivity index (χ3n) is 3.89. The summed E-state index contributed by atoms with van der Waals surface area (Å²) in [4.78, 5) is 8.70. The highest BCUT2D eigenvalue weighted by Crippen LogP contribution is 2.28. The largest absolute Gasteiger partial charge is 0.478 e. The Labute approximate surface area is 114 Å². The number of aromatic nitrogens is 2. The molecular formula is C14H22N4O. The van der Waals surface area contributed by atoms with Crippen LogP contribution in [0.4, 0.5) is 5.95 Å². The van der Waals surface area contributed by atoms with E-state index in [-0.39, 0.29) is 0 Å². The van der Waals surface area contributed by atoms with E-state index in [1.807, 2.05) is 6.07 Å². The second-order valence-corrected chi connectivity index (χ2v) is 5.52. The van der Waals surface area contributed by atoms with Gasteiger partial charge in [-0.2, -0.15) is 4.98 Å². The summed E-state index contributed by atoms with van der Waals surface area (Å²) in [5, 5.41) is 7.10. The molecule has 2 atom stereocenters. The number of piperidine rings is 1. The zero-order chi connectivity index (χ0) is 13.1. The molecule has 2 bridgehead atoms. The molecular weight excluding hydrogens is 240 g/mol. The molecule has 0 aromatic carbocycles. The number of hydrogen-bond donors (Lipinski definition) is 2. The number of anilines is 1. The fraction of sp³-hybridized carbons (Fsp3) is 0.714. The van der Waals surface area contributed by atoms with E-state index in [9.17, 15) is 0 Å². The van der Waals surface area contributed by atoms with E-state index in [1.165, 1.54) is 25.7 Å². The van der Waals surface area contributed by atoms with Gasteiger partial charge >= 0.3 is 0 Å². The van der Waals surface area contributed by atoms with E-state index in [0.717, 1.165) is 6.42 Å². The maximum Gasteiger partial charge on any atom is 0.226 e. The van der Waals surface area contributed by atoms with Gasteiger partial charge in [0.25, 0.3) is 0 Å². The lowest BCUT2D eigenvalue weighted by molar-refractivity contribution is 0.305. The van der Waals surface area contributed by atoms with Gasteiger partial charge in [-0.25, -0.2) is 4.98 Å². The molecule has 0 amide bonds. The second kappa shape index (κ2) is 5.74. The molecule has 5 heteroatoms. The normalized spacial score (nSPS) is 29.2. The minimum Gasteiger partial charge on any atom is -0.478 e. The van der Waals surface area contributed by atoms with E-state index in [2.05, 4.69) is 27.5 Å². The number of ether oxygens (including phenoxy) is 1. The Morgan fingerprint density at radius 1 is 1.37 bits per heavy atom. The minimum absolute atomic E-state index is 0.486. The van der Waals surface area contributed by atoms with Crippen molar-refractivity contribution in [3.05, 3.63) is 12.3 Å². The van der Waals surface area contributed by atoms with Crippen LogP contribution in [0.5, 0.6) is 5.88 Å². The number of rotatable bonds is 5. The van der Waals surface area contributed by atoms with Gasteiger partial charge in [-0.3, -0.25) is 0 Å². The van der Waals surface area contributed by atoms with Gasteiger partial charge in [-0.1, -0.05) is 6.92 Å². The maximum atomic E-state index is 5.54. The average molecular weight is 262 g/mol. The van der Waals surface area contributed by atoms with Crippen LogP contribution in [0.1, 0.15) is 39.0 Å². The molecule has 1 aromatic heterocycles. The summed E-state index contributed by atoms with van der Waals surface area (Å²) in [6.07, 6.45) is 7.70. The zero-order valence-electron chi connectivity index (χ0n) is 11.4. The maximum absolute atomic E-state index is 5.54.